The van der Waals surface area contributed by atoms with Gasteiger partial charge in [-0.3, -0.25) is 19.3 Å². The second-order valence-electron chi connectivity index (χ2n) is 6.75. The summed E-state index contributed by atoms with van der Waals surface area (Å²) in [5.74, 6) is -0.352. The quantitative estimate of drug-likeness (QED) is 0.597. The van der Waals surface area contributed by atoms with Gasteiger partial charge in [0.25, 0.3) is 11.5 Å². The molecule has 0 atom stereocenters. The molecule has 0 fully saturated rings. The monoisotopic (exact) mass is 372 g/mol. The highest BCUT2D eigenvalue weighted by Gasteiger charge is 2.20. The lowest BCUT2D eigenvalue weighted by atomic mass is 10.0. The fourth-order valence-corrected chi connectivity index (χ4v) is 3.42. The number of hydrogen-bond donors (Lipinski definition) is 1. The summed E-state index contributed by atoms with van der Waals surface area (Å²) in [7, 11) is 1.79. The number of carbonyl (C=O) groups excluding carboxylic acids is 1. The molecule has 1 amide bonds. The number of para-hydroxylation sites is 1. The van der Waals surface area contributed by atoms with Gasteiger partial charge in [-0.15, -0.1) is 0 Å². The van der Waals surface area contributed by atoms with E-state index in [-0.39, 0.29) is 17.2 Å². The summed E-state index contributed by atoms with van der Waals surface area (Å²) < 4.78 is 3.27. The number of nitrogens with one attached hydrogen (secondary N) is 1. The number of hydrogen-bond acceptors (Lipinski definition) is 3. The van der Waals surface area contributed by atoms with E-state index in [1.54, 1.807) is 17.9 Å². The van der Waals surface area contributed by atoms with Gasteiger partial charge < -0.3 is 5.32 Å². The predicted octanol–water partition coefficient (Wildman–Crippen LogP) is 3.59. The van der Waals surface area contributed by atoms with E-state index in [9.17, 15) is 9.59 Å². The highest BCUT2D eigenvalue weighted by atomic mass is 16.2. The first-order valence-electron chi connectivity index (χ1n) is 8.97. The number of rotatable bonds is 3. The van der Waals surface area contributed by atoms with Crippen LogP contribution in [0.1, 0.15) is 21.6 Å². The Hall–Kier alpha value is -3.67. The lowest BCUT2D eigenvalue weighted by molar-refractivity contribution is 0.102. The second-order valence-corrected chi connectivity index (χ2v) is 6.75. The molecule has 4 rings (SSSR count). The Morgan fingerprint density at radius 1 is 0.964 bits per heavy atom. The topological polar surface area (TPSA) is 68.9 Å². The molecule has 0 radical (unpaired) electrons. The summed E-state index contributed by atoms with van der Waals surface area (Å²) in [6, 6.07) is 15.1. The minimum atomic E-state index is -0.352. The van der Waals surface area contributed by atoms with Crippen LogP contribution in [0.2, 0.25) is 0 Å². The largest absolute Gasteiger partial charge is 0.316 e. The van der Waals surface area contributed by atoms with Gasteiger partial charge >= 0.3 is 0 Å². The highest BCUT2D eigenvalue weighted by Crippen LogP contribution is 2.22. The zero-order chi connectivity index (χ0) is 19.8. The number of aryl methyl sites for hydroxylation is 1. The minimum absolute atomic E-state index is 0.265. The molecule has 0 aliphatic heterocycles. The molecule has 6 heteroatoms. The van der Waals surface area contributed by atoms with E-state index in [1.165, 1.54) is 10.9 Å². The van der Waals surface area contributed by atoms with Crippen LogP contribution in [0.25, 0.3) is 16.5 Å². The molecule has 0 aliphatic rings. The van der Waals surface area contributed by atoms with Gasteiger partial charge in [0.2, 0.25) is 0 Å². The highest BCUT2D eigenvalue weighted by molar-refractivity contribution is 6.13. The van der Waals surface area contributed by atoms with Crippen LogP contribution >= 0.6 is 0 Å². The standard InChI is InChI=1S/C22H20N4O2/c1-14-8-7-11-17-18(14)12-23-13-19(17)21(27)24-20-15(2)25(3)26(22(20)28)16-9-5-4-6-10-16/h4-13H,1-3H3,(H,24,27). The summed E-state index contributed by atoms with van der Waals surface area (Å²) in [6.45, 7) is 3.79. The maximum Gasteiger partial charge on any atom is 0.295 e. The van der Waals surface area contributed by atoms with Crippen molar-refractivity contribution in [2.75, 3.05) is 5.32 Å². The van der Waals surface area contributed by atoms with E-state index in [2.05, 4.69) is 10.3 Å². The van der Waals surface area contributed by atoms with E-state index < -0.39 is 0 Å². The number of pyridine rings is 1. The third kappa shape index (κ3) is 2.79. The fraction of sp³-hybridized carbons (Fsp3) is 0.136. The smallest absolute Gasteiger partial charge is 0.295 e. The fourth-order valence-electron chi connectivity index (χ4n) is 3.42. The summed E-state index contributed by atoms with van der Waals surface area (Å²) in [5.41, 5.74) is 2.88. The lowest BCUT2D eigenvalue weighted by Gasteiger charge is -2.08. The van der Waals surface area contributed by atoms with Gasteiger partial charge in [-0.25, -0.2) is 4.68 Å². The number of carbonyl (C=O) groups is 1. The van der Waals surface area contributed by atoms with E-state index in [1.807, 2.05) is 62.4 Å². The molecule has 4 aromatic rings. The van der Waals surface area contributed by atoms with Crippen molar-refractivity contribution in [2.24, 2.45) is 7.05 Å². The Bertz CT molecular complexity index is 1250. The summed E-state index contributed by atoms with van der Waals surface area (Å²) in [6.07, 6.45) is 3.28. The van der Waals surface area contributed by atoms with Crippen molar-refractivity contribution in [2.45, 2.75) is 13.8 Å². The summed E-state index contributed by atoms with van der Waals surface area (Å²) in [4.78, 5) is 30.2. The van der Waals surface area contributed by atoms with Gasteiger partial charge in [0.05, 0.1) is 16.9 Å². The molecule has 2 aromatic heterocycles. The Balaban J connectivity index is 1.78. The maximum absolute atomic E-state index is 13.0. The number of aromatic nitrogens is 3. The van der Waals surface area contributed by atoms with Crippen LogP contribution in [0.5, 0.6) is 0 Å². The molecule has 1 N–H and O–H groups in total. The first-order chi connectivity index (χ1) is 13.5. The van der Waals surface area contributed by atoms with Crippen molar-refractivity contribution in [3.05, 3.63) is 88.1 Å². The number of amides is 1. The molecule has 0 saturated carbocycles. The molecular formula is C22H20N4O2. The molecule has 0 aliphatic carbocycles. The number of fused-ring (bicyclic) bond motifs is 1. The second kappa shape index (κ2) is 6.81. The molecule has 2 heterocycles. The third-order valence-electron chi connectivity index (χ3n) is 5.06. The molecule has 0 bridgehead atoms. The molecule has 0 spiro atoms. The van der Waals surface area contributed by atoms with Crippen molar-refractivity contribution in [1.82, 2.24) is 14.3 Å². The zero-order valence-electron chi connectivity index (χ0n) is 15.9. The Morgan fingerprint density at radius 2 is 1.71 bits per heavy atom. The average Bonchev–Trinajstić information content (AvgIpc) is 2.92. The first-order valence-corrected chi connectivity index (χ1v) is 8.97. The van der Waals surface area contributed by atoms with Crippen LogP contribution in [0, 0.1) is 13.8 Å². The van der Waals surface area contributed by atoms with Crippen LogP contribution in [0.4, 0.5) is 5.69 Å². The van der Waals surface area contributed by atoms with E-state index in [4.69, 9.17) is 0 Å². The van der Waals surface area contributed by atoms with Gasteiger partial charge in [-0.05, 0) is 36.9 Å². The van der Waals surface area contributed by atoms with Crippen LogP contribution in [0.15, 0.2) is 65.7 Å². The van der Waals surface area contributed by atoms with Crippen molar-refractivity contribution < 1.29 is 4.79 Å². The minimum Gasteiger partial charge on any atom is -0.316 e. The molecule has 140 valence electrons. The predicted molar refractivity (Wildman–Crippen MR) is 110 cm³/mol. The van der Waals surface area contributed by atoms with E-state index in [0.29, 0.717) is 11.3 Å². The van der Waals surface area contributed by atoms with Crippen LogP contribution in [-0.4, -0.2) is 20.3 Å². The van der Waals surface area contributed by atoms with Crippen molar-refractivity contribution in [1.29, 1.82) is 0 Å². The Labute approximate surface area is 162 Å². The van der Waals surface area contributed by atoms with Crippen molar-refractivity contribution >= 4 is 22.4 Å². The SMILES string of the molecule is Cc1cccc2c(C(=O)Nc3c(C)n(C)n(-c4ccccc4)c3=O)cncc12. The number of benzene rings is 2. The average molecular weight is 372 g/mol. The van der Waals surface area contributed by atoms with Gasteiger partial charge in [-0.2, -0.15) is 0 Å². The molecular weight excluding hydrogens is 352 g/mol. The molecule has 28 heavy (non-hydrogen) atoms. The van der Waals surface area contributed by atoms with E-state index in [0.717, 1.165) is 22.0 Å². The van der Waals surface area contributed by atoms with Crippen molar-refractivity contribution in [3.8, 4) is 5.69 Å². The van der Waals surface area contributed by atoms with Crippen LogP contribution in [-0.2, 0) is 7.05 Å². The first kappa shape index (κ1) is 17.7. The van der Waals surface area contributed by atoms with E-state index >= 15 is 0 Å². The van der Waals surface area contributed by atoms with Gasteiger partial charge in [0, 0.05) is 24.8 Å². The molecule has 0 unspecified atom stereocenters. The summed E-state index contributed by atoms with van der Waals surface area (Å²) in [5, 5.41) is 4.53. The normalized spacial score (nSPS) is 11.0. The lowest BCUT2D eigenvalue weighted by Crippen LogP contribution is -2.23. The Morgan fingerprint density at radius 3 is 2.46 bits per heavy atom. The van der Waals surface area contributed by atoms with Crippen molar-refractivity contribution in [3.63, 3.8) is 0 Å². The van der Waals surface area contributed by atoms with Crippen LogP contribution in [0.3, 0.4) is 0 Å². The zero-order valence-corrected chi connectivity index (χ0v) is 15.9. The third-order valence-corrected chi connectivity index (χ3v) is 5.06. The maximum atomic E-state index is 13.0. The molecule has 2 aromatic carbocycles. The molecule has 0 saturated heterocycles. The van der Waals surface area contributed by atoms with Gasteiger partial charge in [0.15, 0.2) is 0 Å². The van der Waals surface area contributed by atoms with Gasteiger partial charge in [0.1, 0.15) is 5.69 Å². The number of nitrogens with zero attached hydrogens (tertiary/aromatic N) is 3. The molecule has 6 nitrogen and oxygen atoms in total. The summed E-state index contributed by atoms with van der Waals surface area (Å²) >= 11 is 0. The van der Waals surface area contributed by atoms with Crippen LogP contribution < -0.4 is 10.9 Å². The van der Waals surface area contributed by atoms with Gasteiger partial charge in [-0.1, -0.05) is 36.4 Å². The Kier molecular flexibility index (Phi) is 4.31. The number of anilines is 1.